The number of unbranched alkanes of at least 4 members (excludes halogenated alkanes) is 37. The number of carbonyl (C=O) groups is 3. The molecule has 67 heavy (non-hydrogen) atoms. The Labute approximate surface area is 416 Å². The topological polar surface area (TPSA) is 78.9 Å². The molecular weight excluding hydrogens is 829 g/mol. The van der Waals surface area contributed by atoms with Gasteiger partial charge in [-0.15, -0.1) is 0 Å². The monoisotopic (exact) mass is 941 g/mol. The summed E-state index contributed by atoms with van der Waals surface area (Å²) in [7, 11) is 0. The molecule has 6 heteroatoms. The first-order valence-corrected chi connectivity index (χ1v) is 29.5. The lowest BCUT2D eigenvalue weighted by molar-refractivity contribution is -0.167. The zero-order valence-electron chi connectivity index (χ0n) is 44.9. The molecule has 1 atom stereocenters. The predicted molar refractivity (Wildman–Crippen MR) is 289 cm³/mol. The van der Waals surface area contributed by atoms with Gasteiger partial charge in [-0.3, -0.25) is 14.4 Å². The summed E-state index contributed by atoms with van der Waals surface area (Å²) in [6.07, 6.45) is 67.0. The van der Waals surface area contributed by atoms with Gasteiger partial charge in [0.2, 0.25) is 0 Å². The van der Waals surface area contributed by atoms with E-state index in [9.17, 15) is 14.4 Å². The molecule has 0 spiro atoms. The fourth-order valence-corrected chi connectivity index (χ4v) is 8.65. The fourth-order valence-electron chi connectivity index (χ4n) is 8.65. The Morgan fingerprint density at radius 3 is 0.851 bits per heavy atom. The van der Waals surface area contributed by atoms with Crippen LogP contribution in [0.15, 0.2) is 36.5 Å². The number of hydrogen-bond donors (Lipinski definition) is 0. The minimum Gasteiger partial charge on any atom is -0.462 e. The molecule has 0 aliphatic rings. The maximum atomic E-state index is 12.9. The Hall–Kier alpha value is -2.37. The second kappa shape index (κ2) is 56.2. The average molecular weight is 942 g/mol. The number of carbonyl (C=O) groups excluding carboxylic acids is 3. The van der Waals surface area contributed by atoms with Gasteiger partial charge < -0.3 is 14.2 Å². The molecule has 0 aromatic carbocycles. The Balaban J connectivity index is 4.36. The summed E-state index contributed by atoms with van der Waals surface area (Å²) in [6.45, 7) is 6.65. The molecule has 392 valence electrons. The molecule has 0 fully saturated rings. The van der Waals surface area contributed by atoms with E-state index in [4.69, 9.17) is 14.2 Å². The van der Waals surface area contributed by atoms with E-state index in [0.29, 0.717) is 19.3 Å². The normalized spacial score (nSPS) is 12.2. The third kappa shape index (κ3) is 54.4. The third-order valence-electron chi connectivity index (χ3n) is 13.1. The molecule has 0 aromatic heterocycles. The van der Waals surface area contributed by atoms with Crippen molar-refractivity contribution in [1.29, 1.82) is 0 Å². The van der Waals surface area contributed by atoms with Crippen LogP contribution in [0.5, 0.6) is 0 Å². The lowest BCUT2D eigenvalue weighted by Crippen LogP contribution is -2.30. The lowest BCUT2D eigenvalue weighted by atomic mass is 10.0. The Morgan fingerprint density at radius 2 is 0.537 bits per heavy atom. The van der Waals surface area contributed by atoms with Crippen LogP contribution in [0, 0.1) is 0 Å². The van der Waals surface area contributed by atoms with Crippen molar-refractivity contribution in [3.63, 3.8) is 0 Å². The van der Waals surface area contributed by atoms with E-state index in [2.05, 4.69) is 57.2 Å². The molecule has 0 aliphatic heterocycles. The molecule has 0 saturated heterocycles. The van der Waals surface area contributed by atoms with Gasteiger partial charge in [0.05, 0.1) is 0 Å². The molecule has 6 nitrogen and oxygen atoms in total. The van der Waals surface area contributed by atoms with E-state index < -0.39 is 6.10 Å². The van der Waals surface area contributed by atoms with E-state index in [-0.39, 0.29) is 31.1 Å². The van der Waals surface area contributed by atoms with Crippen LogP contribution in [0.3, 0.4) is 0 Å². The van der Waals surface area contributed by atoms with Crippen LogP contribution in [0.2, 0.25) is 0 Å². The Bertz CT molecular complexity index is 1130. The van der Waals surface area contributed by atoms with Crippen LogP contribution in [-0.2, 0) is 28.6 Å². The van der Waals surface area contributed by atoms with Crippen molar-refractivity contribution in [1.82, 2.24) is 0 Å². The number of ether oxygens (including phenoxy) is 3. The fraction of sp³-hybridized carbons (Fsp3) is 0.852. The Morgan fingerprint density at radius 1 is 0.299 bits per heavy atom. The van der Waals surface area contributed by atoms with Crippen LogP contribution >= 0.6 is 0 Å². The largest absolute Gasteiger partial charge is 0.462 e. The summed E-state index contributed by atoms with van der Waals surface area (Å²) in [5.74, 6) is -0.872. The van der Waals surface area contributed by atoms with Gasteiger partial charge in [-0.2, -0.15) is 0 Å². The van der Waals surface area contributed by atoms with Crippen molar-refractivity contribution in [2.75, 3.05) is 13.2 Å². The van der Waals surface area contributed by atoms with Gasteiger partial charge in [0.1, 0.15) is 13.2 Å². The summed E-state index contributed by atoms with van der Waals surface area (Å²) in [6, 6.07) is 0. The van der Waals surface area contributed by atoms with Gasteiger partial charge in [0.15, 0.2) is 6.10 Å². The van der Waals surface area contributed by atoms with Crippen molar-refractivity contribution in [2.45, 2.75) is 322 Å². The molecule has 0 saturated carbocycles. The molecule has 0 aliphatic carbocycles. The highest BCUT2D eigenvalue weighted by Gasteiger charge is 2.19. The third-order valence-corrected chi connectivity index (χ3v) is 13.1. The van der Waals surface area contributed by atoms with Gasteiger partial charge in [0, 0.05) is 19.3 Å². The van der Waals surface area contributed by atoms with E-state index in [1.807, 2.05) is 0 Å². The number of esters is 3. The SMILES string of the molecule is CCCCCC/C=C\C/C=C\CCCCCCCCCC(=O)OCC(COC(=O)CCCCCCC/C=C\CCCCCCCC)OC(=O)CCCCCCCCCCCCCCCCCC. The predicted octanol–water partition coefficient (Wildman–Crippen LogP) is 19.7. The number of hydrogen-bond acceptors (Lipinski definition) is 6. The minimum absolute atomic E-state index is 0.0754. The van der Waals surface area contributed by atoms with Crippen molar-refractivity contribution < 1.29 is 28.6 Å². The van der Waals surface area contributed by atoms with Crippen molar-refractivity contribution in [3.05, 3.63) is 36.5 Å². The maximum Gasteiger partial charge on any atom is 0.306 e. The minimum atomic E-state index is -0.776. The first-order valence-electron chi connectivity index (χ1n) is 29.5. The molecule has 0 bridgehead atoms. The molecule has 0 radical (unpaired) electrons. The molecule has 0 rings (SSSR count). The highest BCUT2D eigenvalue weighted by atomic mass is 16.6. The van der Waals surface area contributed by atoms with Gasteiger partial charge >= 0.3 is 17.9 Å². The van der Waals surface area contributed by atoms with Crippen LogP contribution in [0.1, 0.15) is 316 Å². The van der Waals surface area contributed by atoms with Crippen LogP contribution < -0.4 is 0 Å². The van der Waals surface area contributed by atoms with E-state index >= 15 is 0 Å². The van der Waals surface area contributed by atoms with Gasteiger partial charge in [-0.1, -0.05) is 256 Å². The highest BCUT2D eigenvalue weighted by Crippen LogP contribution is 2.16. The van der Waals surface area contributed by atoms with Gasteiger partial charge in [-0.25, -0.2) is 0 Å². The summed E-state index contributed by atoms with van der Waals surface area (Å²) in [4.78, 5) is 38.2. The summed E-state index contributed by atoms with van der Waals surface area (Å²) in [5.41, 5.74) is 0. The van der Waals surface area contributed by atoms with Crippen LogP contribution in [-0.4, -0.2) is 37.2 Å². The molecule has 0 heterocycles. The summed E-state index contributed by atoms with van der Waals surface area (Å²) in [5, 5.41) is 0. The Kier molecular flexibility index (Phi) is 54.2. The van der Waals surface area contributed by atoms with Crippen LogP contribution in [0.25, 0.3) is 0 Å². The second-order valence-electron chi connectivity index (χ2n) is 19.9. The van der Waals surface area contributed by atoms with Crippen molar-refractivity contribution >= 4 is 17.9 Å². The first kappa shape index (κ1) is 64.6. The van der Waals surface area contributed by atoms with Crippen LogP contribution in [0.4, 0.5) is 0 Å². The second-order valence-corrected chi connectivity index (χ2v) is 19.9. The zero-order valence-corrected chi connectivity index (χ0v) is 44.9. The lowest BCUT2D eigenvalue weighted by Gasteiger charge is -2.18. The number of allylic oxidation sites excluding steroid dienone is 6. The molecule has 1 unspecified atom stereocenters. The van der Waals surface area contributed by atoms with Crippen molar-refractivity contribution in [2.24, 2.45) is 0 Å². The highest BCUT2D eigenvalue weighted by molar-refractivity contribution is 5.71. The number of rotatable bonds is 54. The summed E-state index contributed by atoms with van der Waals surface area (Å²) >= 11 is 0. The van der Waals surface area contributed by atoms with Gasteiger partial charge in [0.25, 0.3) is 0 Å². The van der Waals surface area contributed by atoms with E-state index in [1.165, 1.54) is 199 Å². The quantitative estimate of drug-likeness (QED) is 0.0262. The van der Waals surface area contributed by atoms with Gasteiger partial charge in [-0.05, 0) is 77.0 Å². The maximum absolute atomic E-state index is 12.9. The molecule has 0 amide bonds. The standard InChI is InChI=1S/C61H112O6/c1-4-7-10-13-16-19-22-25-28-30-31-34-36-39-42-45-48-51-54-60(63)66-57-58(56-65-59(62)53-50-47-44-41-38-35-32-27-24-21-18-15-12-9-6-3)67-61(64)55-52-49-46-43-40-37-33-29-26-23-20-17-14-11-8-5-2/h19,22,27-28,30,32,58H,4-18,20-21,23-26,29,31,33-57H2,1-3H3/b22-19-,30-28-,32-27-. The average Bonchev–Trinajstić information content (AvgIpc) is 3.33. The van der Waals surface area contributed by atoms with Crippen molar-refractivity contribution in [3.8, 4) is 0 Å². The smallest absolute Gasteiger partial charge is 0.306 e. The molecule has 0 aromatic rings. The van der Waals surface area contributed by atoms with E-state index in [0.717, 1.165) is 77.0 Å². The molecule has 0 N–H and O–H groups in total. The first-order chi connectivity index (χ1) is 33.0. The zero-order chi connectivity index (χ0) is 48.6. The molecular formula is C61H112O6. The van der Waals surface area contributed by atoms with E-state index in [1.54, 1.807) is 0 Å². The summed E-state index contributed by atoms with van der Waals surface area (Å²) < 4.78 is 16.9.